The minimum Gasteiger partial charge on any atom is -0.340 e. The molecule has 2 rings (SSSR count). The van der Waals surface area contributed by atoms with E-state index in [0.29, 0.717) is 24.5 Å². The van der Waals surface area contributed by atoms with Gasteiger partial charge in [0.1, 0.15) is 0 Å². The predicted octanol–water partition coefficient (Wildman–Crippen LogP) is 0.681. The van der Waals surface area contributed by atoms with Crippen LogP contribution < -0.4 is 5.32 Å². The minimum absolute atomic E-state index is 0.308. The molecule has 98 valence electrons. The number of rotatable bonds is 4. The number of amides is 1. The van der Waals surface area contributed by atoms with Gasteiger partial charge in [-0.15, -0.1) is 0 Å². The molecule has 0 aliphatic carbocycles. The van der Waals surface area contributed by atoms with E-state index in [1.807, 2.05) is 0 Å². The fourth-order valence-corrected chi connectivity index (χ4v) is 2.91. The number of likely N-dealkylation sites (tertiary alicyclic amines) is 1. The highest BCUT2D eigenvalue weighted by Gasteiger charge is 2.31. The van der Waals surface area contributed by atoms with Gasteiger partial charge >= 0.3 is 0 Å². The van der Waals surface area contributed by atoms with Gasteiger partial charge in [0, 0.05) is 25.2 Å². The van der Waals surface area contributed by atoms with Gasteiger partial charge in [-0.2, -0.15) is 0 Å². The first-order valence-electron chi connectivity index (χ1n) is 6.99. The van der Waals surface area contributed by atoms with Crippen LogP contribution in [0.2, 0.25) is 0 Å². The molecule has 2 fully saturated rings. The molecule has 2 aliphatic rings. The van der Waals surface area contributed by atoms with Crippen molar-refractivity contribution < 1.29 is 4.79 Å². The Hall–Kier alpha value is -0.610. The number of carbonyl (C=O) groups is 1. The smallest absolute Gasteiger partial charge is 0.236 e. The summed E-state index contributed by atoms with van der Waals surface area (Å²) >= 11 is 0. The third-order valence-electron chi connectivity index (χ3n) is 4.13. The highest BCUT2D eigenvalue weighted by Crippen LogP contribution is 2.20. The van der Waals surface area contributed by atoms with E-state index >= 15 is 0 Å². The van der Waals surface area contributed by atoms with Crippen molar-refractivity contribution in [3.05, 3.63) is 0 Å². The number of nitrogens with one attached hydrogen (secondary N) is 1. The van der Waals surface area contributed by atoms with Crippen molar-refractivity contribution in [2.24, 2.45) is 0 Å². The van der Waals surface area contributed by atoms with Gasteiger partial charge in [-0.05, 0) is 32.4 Å². The number of hydrogen-bond acceptors (Lipinski definition) is 3. The summed E-state index contributed by atoms with van der Waals surface area (Å²) in [7, 11) is 0. The summed E-state index contributed by atoms with van der Waals surface area (Å²) in [5, 5.41) is 3.61. The van der Waals surface area contributed by atoms with Crippen LogP contribution in [0, 0.1) is 0 Å². The second-order valence-electron chi connectivity index (χ2n) is 5.23. The van der Waals surface area contributed by atoms with Gasteiger partial charge in [0.25, 0.3) is 0 Å². The monoisotopic (exact) mass is 239 g/mol. The summed E-state index contributed by atoms with van der Waals surface area (Å²) in [5.74, 6) is 0.308. The van der Waals surface area contributed by atoms with E-state index in [9.17, 15) is 4.79 Å². The average molecular weight is 239 g/mol. The van der Waals surface area contributed by atoms with Crippen molar-refractivity contribution in [1.82, 2.24) is 15.1 Å². The van der Waals surface area contributed by atoms with Crippen molar-refractivity contribution in [2.45, 2.75) is 45.2 Å². The van der Waals surface area contributed by atoms with Gasteiger partial charge in [-0.3, -0.25) is 9.69 Å². The molecular weight excluding hydrogens is 214 g/mol. The van der Waals surface area contributed by atoms with Crippen LogP contribution in [0.5, 0.6) is 0 Å². The number of likely N-dealkylation sites (N-methyl/N-ethyl adjacent to an activating group) is 1. The van der Waals surface area contributed by atoms with E-state index in [1.54, 1.807) is 0 Å². The van der Waals surface area contributed by atoms with Gasteiger partial charge in [-0.25, -0.2) is 0 Å². The first-order valence-corrected chi connectivity index (χ1v) is 6.99. The average Bonchev–Trinajstić information content (AvgIpc) is 2.65. The molecule has 0 spiro atoms. The van der Waals surface area contributed by atoms with Crippen LogP contribution in [-0.2, 0) is 4.79 Å². The van der Waals surface area contributed by atoms with Crippen molar-refractivity contribution in [2.75, 3.05) is 32.7 Å². The maximum atomic E-state index is 12.2. The van der Waals surface area contributed by atoms with Gasteiger partial charge < -0.3 is 10.2 Å². The zero-order valence-corrected chi connectivity index (χ0v) is 11.1. The molecule has 4 nitrogen and oxygen atoms in total. The first kappa shape index (κ1) is 12.8. The Morgan fingerprint density at radius 2 is 1.94 bits per heavy atom. The van der Waals surface area contributed by atoms with E-state index in [1.165, 1.54) is 12.8 Å². The summed E-state index contributed by atoms with van der Waals surface area (Å²) in [4.78, 5) is 16.5. The number of fused-ring (bicyclic) bond motifs is 2. The van der Waals surface area contributed by atoms with Gasteiger partial charge in [0.05, 0.1) is 6.54 Å². The molecule has 2 heterocycles. The van der Waals surface area contributed by atoms with Gasteiger partial charge in [-0.1, -0.05) is 13.8 Å². The zero-order valence-electron chi connectivity index (χ0n) is 11.1. The standard InChI is InChI=1S/C13H25N3O/c1-3-15(4-2)10-13(17)16-8-7-11-5-6-12(9-16)14-11/h11-12,14H,3-10H2,1-2H3. The normalized spacial score (nSPS) is 28.5. The van der Waals surface area contributed by atoms with Gasteiger partial charge in [0.15, 0.2) is 0 Å². The van der Waals surface area contributed by atoms with Gasteiger partial charge in [0.2, 0.25) is 5.91 Å². The summed E-state index contributed by atoms with van der Waals surface area (Å²) in [6.07, 6.45) is 3.66. The Labute approximate surface area is 104 Å². The van der Waals surface area contributed by atoms with E-state index in [2.05, 4.69) is 29.0 Å². The Morgan fingerprint density at radius 3 is 2.65 bits per heavy atom. The van der Waals surface area contributed by atoms with E-state index in [0.717, 1.165) is 32.6 Å². The summed E-state index contributed by atoms with van der Waals surface area (Å²) in [6, 6.07) is 1.20. The molecule has 2 unspecified atom stereocenters. The molecule has 0 aromatic heterocycles. The topological polar surface area (TPSA) is 35.6 Å². The molecule has 2 saturated heterocycles. The highest BCUT2D eigenvalue weighted by molar-refractivity contribution is 5.78. The summed E-state index contributed by atoms with van der Waals surface area (Å²) < 4.78 is 0. The quantitative estimate of drug-likeness (QED) is 0.784. The van der Waals surface area contributed by atoms with Crippen LogP contribution in [0.3, 0.4) is 0 Å². The van der Waals surface area contributed by atoms with Crippen LogP contribution >= 0.6 is 0 Å². The zero-order chi connectivity index (χ0) is 12.3. The number of nitrogens with zero attached hydrogens (tertiary/aromatic N) is 2. The molecule has 0 aromatic rings. The number of hydrogen-bond donors (Lipinski definition) is 1. The maximum absolute atomic E-state index is 12.2. The lowest BCUT2D eigenvalue weighted by Gasteiger charge is -2.27. The lowest BCUT2D eigenvalue weighted by molar-refractivity contribution is -0.132. The summed E-state index contributed by atoms with van der Waals surface area (Å²) in [5.41, 5.74) is 0. The van der Waals surface area contributed by atoms with Crippen LogP contribution in [0.4, 0.5) is 0 Å². The first-order chi connectivity index (χ1) is 8.22. The third kappa shape index (κ3) is 3.19. The van der Waals surface area contributed by atoms with Crippen molar-refractivity contribution in [3.63, 3.8) is 0 Å². The molecule has 0 aromatic carbocycles. The van der Waals surface area contributed by atoms with Crippen molar-refractivity contribution in [1.29, 1.82) is 0 Å². The molecule has 0 radical (unpaired) electrons. The Morgan fingerprint density at radius 1 is 1.24 bits per heavy atom. The molecule has 1 N–H and O–H groups in total. The summed E-state index contributed by atoms with van der Waals surface area (Å²) in [6.45, 7) is 8.58. The Bertz CT molecular complexity index is 265. The molecule has 1 amide bonds. The van der Waals surface area contributed by atoms with Crippen LogP contribution in [-0.4, -0.2) is 60.5 Å². The molecule has 2 aliphatic heterocycles. The van der Waals surface area contributed by atoms with Crippen molar-refractivity contribution >= 4 is 5.91 Å². The van der Waals surface area contributed by atoms with E-state index in [4.69, 9.17) is 0 Å². The fourth-order valence-electron chi connectivity index (χ4n) is 2.91. The predicted molar refractivity (Wildman–Crippen MR) is 68.9 cm³/mol. The minimum atomic E-state index is 0.308. The second-order valence-corrected chi connectivity index (χ2v) is 5.23. The van der Waals surface area contributed by atoms with Crippen LogP contribution in [0.1, 0.15) is 33.1 Å². The Kier molecular flexibility index (Phi) is 4.40. The number of carbonyl (C=O) groups excluding carboxylic acids is 1. The maximum Gasteiger partial charge on any atom is 0.236 e. The largest absolute Gasteiger partial charge is 0.340 e. The third-order valence-corrected chi connectivity index (χ3v) is 4.13. The van der Waals surface area contributed by atoms with Crippen molar-refractivity contribution in [3.8, 4) is 0 Å². The molecule has 0 saturated carbocycles. The highest BCUT2D eigenvalue weighted by atomic mass is 16.2. The molecular formula is C13H25N3O. The SMILES string of the molecule is CCN(CC)CC(=O)N1CCC2CCC(C1)N2. The molecule has 4 heteroatoms. The van der Waals surface area contributed by atoms with Crippen LogP contribution in [0.25, 0.3) is 0 Å². The van der Waals surface area contributed by atoms with Crippen LogP contribution in [0.15, 0.2) is 0 Å². The lowest BCUT2D eigenvalue weighted by Crippen LogP contribution is -2.44. The van der Waals surface area contributed by atoms with E-state index in [-0.39, 0.29) is 0 Å². The fraction of sp³-hybridized carbons (Fsp3) is 0.923. The molecule has 2 atom stereocenters. The lowest BCUT2D eigenvalue weighted by atomic mass is 10.1. The van der Waals surface area contributed by atoms with E-state index < -0.39 is 0 Å². The molecule has 2 bridgehead atoms. The molecule has 17 heavy (non-hydrogen) atoms. The Balaban J connectivity index is 1.86. The second kappa shape index (κ2) is 5.83.